The minimum atomic E-state index is -0.899. The Balaban J connectivity index is 1.27. The molecule has 5 saturated heterocycles. The van der Waals surface area contributed by atoms with Crippen molar-refractivity contribution in [3.8, 4) is 11.9 Å². The number of pyridine rings is 1. The summed E-state index contributed by atoms with van der Waals surface area (Å²) >= 11 is 6.18. The summed E-state index contributed by atoms with van der Waals surface area (Å²) in [4.78, 5) is 32.7. The number of piperidine rings is 1. The fourth-order valence-corrected chi connectivity index (χ4v) is 7.62. The fourth-order valence-electron chi connectivity index (χ4n) is 7.46. The molecule has 5 atom stereocenters. The second-order valence-corrected chi connectivity index (χ2v) is 13.5. The van der Waals surface area contributed by atoms with Gasteiger partial charge in [-0.1, -0.05) is 11.6 Å². The van der Waals surface area contributed by atoms with Crippen LogP contribution in [-0.4, -0.2) is 99.6 Å². The van der Waals surface area contributed by atoms with Crippen LogP contribution in [0.2, 0.25) is 5.15 Å². The van der Waals surface area contributed by atoms with Gasteiger partial charge in [-0.15, -0.1) is 0 Å². The van der Waals surface area contributed by atoms with E-state index in [9.17, 15) is 9.18 Å². The average molecular weight is 593 g/mol. The molecule has 0 aromatic carbocycles. The van der Waals surface area contributed by atoms with Crippen molar-refractivity contribution < 1.29 is 27.8 Å². The number of carbonyl (C=O) groups excluding carboxylic acids is 1. The summed E-state index contributed by atoms with van der Waals surface area (Å²) in [5.41, 5.74) is -1.05. The van der Waals surface area contributed by atoms with Crippen molar-refractivity contribution in [2.45, 2.75) is 82.3 Å². The molecule has 2 aromatic rings. The topological polar surface area (TPSA) is 93.2 Å². The van der Waals surface area contributed by atoms with Gasteiger partial charge in [-0.05, 0) is 53.0 Å². The predicted molar refractivity (Wildman–Crippen MR) is 147 cm³/mol. The van der Waals surface area contributed by atoms with E-state index in [1.165, 1.54) is 0 Å². The molecule has 41 heavy (non-hydrogen) atoms. The number of anilines is 1. The first-order valence-corrected chi connectivity index (χ1v) is 14.9. The van der Waals surface area contributed by atoms with Crippen molar-refractivity contribution in [1.82, 2.24) is 24.8 Å². The van der Waals surface area contributed by atoms with E-state index in [1.54, 1.807) is 0 Å². The van der Waals surface area contributed by atoms with Gasteiger partial charge in [0, 0.05) is 32.0 Å². The first-order chi connectivity index (χ1) is 19.5. The van der Waals surface area contributed by atoms with E-state index in [-0.39, 0.29) is 59.9 Å². The van der Waals surface area contributed by atoms with Crippen LogP contribution in [0.5, 0.6) is 11.9 Å². The molecule has 0 N–H and O–H groups in total. The molecule has 5 fully saturated rings. The van der Waals surface area contributed by atoms with E-state index in [4.69, 9.17) is 30.8 Å². The van der Waals surface area contributed by atoms with Crippen LogP contribution in [-0.2, 0) is 4.74 Å². The molecule has 1 amide bonds. The van der Waals surface area contributed by atoms with E-state index < -0.39 is 23.1 Å². The van der Waals surface area contributed by atoms with Crippen molar-refractivity contribution in [3.05, 3.63) is 11.0 Å². The molecule has 13 heteroatoms. The maximum atomic E-state index is 15.5. The van der Waals surface area contributed by atoms with E-state index >= 15 is 4.39 Å². The van der Waals surface area contributed by atoms with Gasteiger partial charge < -0.3 is 24.0 Å². The van der Waals surface area contributed by atoms with E-state index in [1.807, 2.05) is 25.7 Å². The number of nitrogens with zero attached hydrogens (tertiary/aromatic N) is 6. The Morgan fingerprint density at radius 1 is 1.20 bits per heavy atom. The van der Waals surface area contributed by atoms with Gasteiger partial charge in [0.05, 0.1) is 17.6 Å². The van der Waals surface area contributed by atoms with Crippen molar-refractivity contribution >= 4 is 34.4 Å². The van der Waals surface area contributed by atoms with Gasteiger partial charge in [0.2, 0.25) is 5.88 Å². The lowest BCUT2D eigenvalue weighted by Gasteiger charge is -2.37. The highest BCUT2D eigenvalue weighted by Crippen LogP contribution is 2.45. The Morgan fingerprint density at radius 3 is 2.83 bits per heavy atom. The number of carbonyl (C=O) groups is 1. The smallest absolute Gasteiger partial charge is 0.410 e. The number of rotatable bonds is 3. The summed E-state index contributed by atoms with van der Waals surface area (Å²) in [7, 11) is 0. The first-order valence-electron chi connectivity index (χ1n) is 14.5. The van der Waals surface area contributed by atoms with Gasteiger partial charge in [0.1, 0.15) is 41.7 Å². The highest BCUT2D eigenvalue weighted by atomic mass is 35.5. The lowest BCUT2D eigenvalue weighted by Crippen LogP contribution is -2.49. The van der Waals surface area contributed by atoms with Gasteiger partial charge in [-0.2, -0.15) is 15.0 Å². The fraction of sp³-hybridized carbons (Fsp3) is 0.714. The molecule has 0 radical (unpaired) electrons. The number of amides is 1. The molecule has 0 saturated carbocycles. The maximum absolute atomic E-state index is 15.5. The van der Waals surface area contributed by atoms with Gasteiger partial charge in [0.15, 0.2) is 11.0 Å². The van der Waals surface area contributed by atoms with Crippen LogP contribution in [0.4, 0.5) is 19.4 Å². The molecular weight excluding hydrogens is 558 g/mol. The second-order valence-electron chi connectivity index (χ2n) is 13.1. The Bertz CT molecular complexity index is 1390. The highest BCUT2D eigenvalue weighted by molar-refractivity contribution is 6.30. The molecule has 222 valence electrons. The Labute approximate surface area is 242 Å². The number of fused-ring (bicyclic) bond motifs is 3. The van der Waals surface area contributed by atoms with E-state index in [0.29, 0.717) is 37.3 Å². The van der Waals surface area contributed by atoms with Crippen molar-refractivity contribution in [2.24, 2.45) is 5.92 Å². The van der Waals surface area contributed by atoms with Crippen LogP contribution in [0.1, 0.15) is 52.9 Å². The number of hydrogen-bond acceptors (Lipinski definition) is 9. The molecule has 2 bridgehead atoms. The Morgan fingerprint density at radius 2 is 2.02 bits per heavy atom. The largest absolute Gasteiger partial charge is 0.475 e. The average Bonchev–Trinajstić information content (AvgIpc) is 3.24. The van der Waals surface area contributed by atoms with Crippen LogP contribution in [0, 0.1) is 11.7 Å². The minimum absolute atomic E-state index is 0.00407. The molecule has 8 heterocycles. The predicted octanol–water partition coefficient (Wildman–Crippen LogP) is 4.37. The molecular formula is C28H35ClF2N6O4. The number of halogens is 3. The van der Waals surface area contributed by atoms with E-state index in [0.717, 1.165) is 32.2 Å². The molecule has 0 spiro atoms. The standard InChI is InChI=1S/C28H35ClF2N6O4/c1-27(2,3)41-26(38)36-10-15-5-6-17(36)12-37-18(15)13-39-24-19-21(20(31)22(29)33-24)32-25(34-23(19)37)40-14-28-7-4-8-35(28)11-16(30)9-28/h15-18H,4-14H2,1-3H3/t15-,16-,17+,18-,28+/m1/s1. The molecule has 6 aliphatic heterocycles. The lowest BCUT2D eigenvalue weighted by atomic mass is 9.90. The zero-order valence-corrected chi connectivity index (χ0v) is 24.3. The van der Waals surface area contributed by atoms with Crippen LogP contribution in [0.25, 0.3) is 10.9 Å². The molecule has 0 aliphatic carbocycles. The minimum Gasteiger partial charge on any atom is -0.475 e. The number of ether oxygens (including phenoxy) is 3. The monoisotopic (exact) mass is 592 g/mol. The lowest BCUT2D eigenvalue weighted by molar-refractivity contribution is 0.00643. The van der Waals surface area contributed by atoms with Gasteiger partial charge in [0.25, 0.3) is 0 Å². The zero-order valence-electron chi connectivity index (χ0n) is 23.5. The van der Waals surface area contributed by atoms with Crippen molar-refractivity contribution in [2.75, 3.05) is 44.3 Å². The molecule has 10 nitrogen and oxygen atoms in total. The summed E-state index contributed by atoms with van der Waals surface area (Å²) in [6, 6.07) is -0.275. The number of aromatic nitrogens is 3. The van der Waals surface area contributed by atoms with E-state index in [2.05, 4.69) is 19.8 Å². The third-order valence-electron chi connectivity index (χ3n) is 9.29. The summed E-state index contributed by atoms with van der Waals surface area (Å²) in [5.74, 6) is -0.0859. The third kappa shape index (κ3) is 4.61. The van der Waals surface area contributed by atoms with Crippen LogP contribution >= 0.6 is 11.6 Å². The first kappa shape index (κ1) is 27.1. The molecule has 8 rings (SSSR count). The summed E-state index contributed by atoms with van der Waals surface area (Å²) in [5, 5.41) is -0.00773. The normalized spacial score (nSPS) is 31.0. The van der Waals surface area contributed by atoms with Gasteiger partial charge >= 0.3 is 12.1 Å². The van der Waals surface area contributed by atoms with Gasteiger partial charge in [-0.3, -0.25) is 4.90 Å². The SMILES string of the molecule is CC(C)(C)OC(=O)N1C[C@H]2CC[C@H]1CN1c3nc(OC[C@@]45CCCN4C[C@H](F)C5)nc4c(F)c(Cl)nc(c34)OC[C@H]21. The Hall–Kier alpha value is -2.73. The highest BCUT2D eigenvalue weighted by Gasteiger charge is 2.50. The summed E-state index contributed by atoms with van der Waals surface area (Å²) < 4.78 is 47.9. The van der Waals surface area contributed by atoms with Crippen LogP contribution < -0.4 is 14.4 Å². The number of hydrogen-bond donors (Lipinski definition) is 0. The maximum Gasteiger partial charge on any atom is 0.410 e. The molecule has 6 aliphatic rings. The van der Waals surface area contributed by atoms with Crippen molar-refractivity contribution in [3.63, 3.8) is 0 Å². The molecule has 0 unspecified atom stereocenters. The van der Waals surface area contributed by atoms with Crippen molar-refractivity contribution in [1.29, 1.82) is 0 Å². The Kier molecular flexibility index (Phi) is 6.39. The quantitative estimate of drug-likeness (QED) is 0.482. The summed E-state index contributed by atoms with van der Waals surface area (Å²) in [6.07, 6.45) is 2.66. The van der Waals surface area contributed by atoms with Crippen LogP contribution in [0.3, 0.4) is 0 Å². The van der Waals surface area contributed by atoms with Gasteiger partial charge in [-0.25, -0.2) is 13.6 Å². The third-order valence-corrected chi connectivity index (χ3v) is 9.54. The second kappa shape index (κ2) is 9.65. The zero-order chi connectivity index (χ0) is 28.7. The summed E-state index contributed by atoms with van der Waals surface area (Å²) in [6.45, 7) is 8.25. The molecule has 2 aromatic heterocycles. The number of alkyl halides is 1. The van der Waals surface area contributed by atoms with Crippen LogP contribution in [0.15, 0.2) is 0 Å².